The average molecular weight is 495 g/mol. The third-order valence-electron chi connectivity index (χ3n) is 6.08. The molecule has 0 bridgehead atoms. The molecule has 3 N–H and O–H groups in total. The van der Waals surface area contributed by atoms with Crippen LogP contribution in [-0.4, -0.2) is 60.2 Å². The normalized spacial score (nSPS) is 25.7. The summed E-state index contributed by atoms with van der Waals surface area (Å²) >= 11 is 3.67. The minimum atomic E-state index is -1.31. The highest BCUT2D eigenvalue weighted by Crippen LogP contribution is 2.34. The number of nitrogens with zero attached hydrogens (tertiary/aromatic N) is 3. The second-order valence-corrected chi connectivity index (χ2v) is 10.8. The number of carbonyl (C=O) groups excluding carboxylic acids is 1. The van der Waals surface area contributed by atoms with Gasteiger partial charge in [-0.1, -0.05) is 26.8 Å². The predicted octanol–water partition coefficient (Wildman–Crippen LogP) is 3.47. The van der Waals surface area contributed by atoms with Crippen molar-refractivity contribution >= 4 is 33.8 Å². The van der Waals surface area contributed by atoms with Crippen molar-refractivity contribution < 1.29 is 14.6 Å². The Hall–Kier alpha value is -1.64. The van der Waals surface area contributed by atoms with Gasteiger partial charge in [0, 0.05) is 49.5 Å². The maximum Gasteiger partial charge on any atom is 0.308 e. The molecule has 1 saturated heterocycles. The molecule has 3 rings (SSSR count). The van der Waals surface area contributed by atoms with Crippen molar-refractivity contribution in [2.45, 2.75) is 64.7 Å². The number of rotatable bonds is 5. The Morgan fingerprint density at radius 2 is 1.94 bits per heavy atom. The lowest BCUT2D eigenvalue weighted by atomic mass is 9.88. The van der Waals surface area contributed by atoms with E-state index in [1.54, 1.807) is 6.21 Å². The second kappa shape index (κ2) is 9.88. The molecule has 172 valence electrons. The van der Waals surface area contributed by atoms with Gasteiger partial charge in [0.05, 0.1) is 18.3 Å². The highest BCUT2D eigenvalue weighted by molar-refractivity contribution is 9.10. The van der Waals surface area contributed by atoms with Crippen LogP contribution in [0.2, 0.25) is 0 Å². The number of benzene rings is 1. The minimum Gasteiger partial charge on any atom is -0.433 e. The fraction of sp³-hybridized carbons (Fsp3) is 0.652. The summed E-state index contributed by atoms with van der Waals surface area (Å²) < 4.78 is 6.51. The molecule has 1 aliphatic heterocycles. The Kier molecular flexibility index (Phi) is 7.65. The first-order chi connectivity index (χ1) is 14.6. The molecule has 1 aromatic rings. The van der Waals surface area contributed by atoms with Gasteiger partial charge < -0.3 is 20.6 Å². The number of piperazine rings is 1. The van der Waals surface area contributed by atoms with E-state index in [1.807, 2.05) is 32.9 Å². The summed E-state index contributed by atoms with van der Waals surface area (Å²) in [5.74, 6) is 3.63. The molecule has 2 aliphatic rings. The van der Waals surface area contributed by atoms with E-state index in [9.17, 15) is 9.90 Å². The standard InChI is InChI=1S/C23H35BrN4O3/c1-22(2,3)15-21(29)31-23(30)8-6-18(7-9-23)27-10-12-28(13-11-27)20-5-4-17(16-26-25)14-19(20)24/h4-5,14,16,18,30H,6-13,15,25H2,1-3H3/b26-16-. The Labute approximate surface area is 193 Å². The van der Waals surface area contributed by atoms with Crippen LogP contribution in [0, 0.1) is 5.41 Å². The average Bonchev–Trinajstić information content (AvgIpc) is 2.67. The molecule has 1 aliphatic carbocycles. The van der Waals surface area contributed by atoms with Crippen molar-refractivity contribution in [1.29, 1.82) is 0 Å². The fourth-order valence-electron chi connectivity index (χ4n) is 4.48. The smallest absolute Gasteiger partial charge is 0.308 e. The van der Waals surface area contributed by atoms with Gasteiger partial charge in [0.25, 0.3) is 0 Å². The number of hydrogen-bond acceptors (Lipinski definition) is 7. The number of carbonyl (C=O) groups is 1. The van der Waals surface area contributed by atoms with Crippen molar-refractivity contribution in [3.63, 3.8) is 0 Å². The lowest BCUT2D eigenvalue weighted by molar-refractivity contribution is -0.225. The molecule has 1 saturated carbocycles. The first-order valence-corrected chi connectivity index (χ1v) is 11.8. The van der Waals surface area contributed by atoms with E-state index in [0.717, 1.165) is 49.1 Å². The number of nitrogens with two attached hydrogens (primary N) is 1. The quantitative estimate of drug-likeness (QED) is 0.214. The maximum absolute atomic E-state index is 12.2. The lowest BCUT2D eigenvalue weighted by Gasteiger charge is -2.44. The number of ether oxygens (including phenoxy) is 1. The van der Waals surface area contributed by atoms with E-state index in [2.05, 4.69) is 36.9 Å². The Balaban J connectivity index is 1.49. The number of aliphatic hydroxyl groups is 1. The zero-order valence-corrected chi connectivity index (χ0v) is 20.4. The van der Waals surface area contributed by atoms with Crippen LogP contribution in [0.3, 0.4) is 0 Å². The van der Waals surface area contributed by atoms with Gasteiger partial charge in [-0.25, -0.2) is 0 Å². The number of halogens is 1. The number of anilines is 1. The molecule has 0 spiro atoms. The summed E-state index contributed by atoms with van der Waals surface area (Å²) in [5.41, 5.74) is 2.00. The molecule has 0 radical (unpaired) electrons. The molecule has 0 amide bonds. The Bertz CT molecular complexity index is 793. The highest BCUT2D eigenvalue weighted by Gasteiger charge is 2.39. The molecule has 7 nitrogen and oxygen atoms in total. The van der Waals surface area contributed by atoms with Crippen molar-refractivity contribution in [1.82, 2.24) is 4.90 Å². The molecule has 1 heterocycles. The summed E-state index contributed by atoms with van der Waals surface area (Å²) in [6, 6.07) is 6.58. The van der Waals surface area contributed by atoms with Crippen LogP contribution in [0.4, 0.5) is 5.69 Å². The van der Waals surface area contributed by atoms with Gasteiger partial charge in [0.1, 0.15) is 0 Å². The molecule has 1 aromatic carbocycles. The van der Waals surface area contributed by atoms with Gasteiger partial charge in [0.15, 0.2) is 0 Å². The first kappa shape index (κ1) is 24.0. The summed E-state index contributed by atoms with van der Waals surface area (Å²) in [5, 5.41) is 14.3. The molecule has 2 fully saturated rings. The SMILES string of the molecule is CC(C)(C)CC(=O)OC1(O)CCC(N2CCN(c3ccc(/C=N\N)cc3Br)CC2)CC1. The number of hydrogen-bond donors (Lipinski definition) is 2. The van der Waals surface area contributed by atoms with Crippen LogP contribution in [-0.2, 0) is 9.53 Å². The van der Waals surface area contributed by atoms with Crippen LogP contribution < -0.4 is 10.7 Å². The van der Waals surface area contributed by atoms with Crippen molar-refractivity contribution in [3.05, 3.63) is 28.2 Å². The Morgan fingerprint density at radius 1 is 1.29 bits per heavy atom. The molecule has 31 heavy (non-hydrogen) atoms. The van der Waals surface area contributed by atoms with Crippen molar-refractivity contribution in [3.8, 4) is 0 Å². The topological polar surface area (TPSA) is 91.4 Å². The second-order valence-electron chi connectivity index (χ2n) is 9.90. The van der Waals surface area contributed by atoms with Crippen LogP contribution in [0.15, 0.2) is 27.8 Å². The molecule has 0 unspecified atom stereocenters. The molecule has 0 aromatic heterocycles. The van der Waals surface area contributed by atoms with Gasteiger partial charge in [-0.05, 0) is 51.9 Å². The first-order valence-electron chi connectivity index (χ1n) is 11.0. The third kappa shape index (κ3) is 6.67. The van der Waals surface area contributed by atoms with Crippen molar-refractivity contribution in [2.75, 3.05) is 31.1 Å². The fourth-order valence-corrected chi connectivity index (χ4v) is 5.12. The Morgan fingerprint density at radius 3 is 2.48 bits per heavy atom. The monoisotopic (exact) mass is 494 g/mol. The van der Waals surface area contributed by atoms with E-state index in [0.29, 0.717) is 25.3 Å². The van der Waals surface area contributed by atoms with Gasteiger partial charge >= 0.3 is 5.97 Å². The maximum atomic E-state index is 12.2. The molecule has 0 atom stereocenters. The van der Waals surface area contributed by atoms with E-state index >= 15 is 0 Å². The molecule has 8 heteroatoms. The molecular formula is C23H35BrN4O3. The van der Waals surface area contributed by atoms with Crippen molar-refractivity contribution in [2.24, 2.45) is 16.4 Å². The summed E-state index contributed by atoms with van der Waals surface area (Å²) in [6.07, 6.45) is 4.65. The summed E-state index contributed by atoms with van der Waals surface area (Å²) in [7, 11) is 0. The van der Waals surface area contributed by atoms with Crippen LogP contribution >= 0.6 is 15.9 Å². The highest BCUT2D eigenvalue weighted by atomic mass is 79.9. The summed E-state index contributed by atoms with van der Waals surface area (Å²) in [4.78, 5) is 17.1. The summed E-state index contributed by atoms with van der Waals surface area (Å²) in [6.45, 7) is 9.84. The third-order valence-corrected chi connectivity index (χ3v) is 6.72. The zero-order chi connectivity index (χ0) is 22.6. The minimum absolute atomic E-state index is 0.141. The van der Waals surface area contributed by atoms with Crippen LogP contribution in [0.1, 0.15) is 58.4 Å². The van der Waals surface area contributed by atoms with Gasteiger partial charge in [-0.3, -0.25) is 9.69 Å². The largest absolute Gasteiger partial charge is 0.433 e. The van der Waals surface area contributed by atoms with Crippen LogP contribution in [0.25, 0.3) is 0 Å². The van der Waals surface area contributed by atoms with Gasteiger partial charge in [-0.15, -0.1) is 0 Å². The van der Waals surface area contributed by atoms with E-state index < -0.39 is 5.79 Å². The van der Waals surface area contributed by atoms with Gasteiger partial charge in [0.2, 0.25) is 5.79 Å². The number of hydrazone groups is 1. The van der Waals surface area contributed by atoms with E-state index in [4.69, 9.17) is 10.6 Å². The van der Waals surface area contributed by atoms with Gasteiger partial charge in [-0.2, -0.15) is 5.10 Å². The zero-order valence-electron chi connectivity index (χ0n) is 18.8. The predicted molar refractivity (Wildman–Crippen MR) is 127 cm³/mol. The lowest BCUT2D eigenvalue weighted by Crippen LogP contribution is -2.53. The van der Waals surface area contributed by atoms with Crippen LogP contribution in [0.5, 0.6) is 0 Å². The molecular weight excluding hydrogens is 460 g/mol. The van der Waals surface area contributed by atoms with E-state index in [-0.39, 0.29) is 11.4 Å². The van der Waals surface area contributed by atoms with E-state index in [1.165, 1.54) is 5.69 Å². The number of esters is 1.